The predicted octanol–water partition coefficient (Wildman–Crippen LogP) is 9.78. The van der Waals surface area contributed by atoms with Gasteiger partial charge < -0.3 is 10.6 Å². The van der Waals surface area contributed by atoms with Crippen LogP contribution in [0.4, 0.5) is 20.2 Å². The molecule has 0 saturated heterocycles. The fourth-order valence-electron chi connectivity index (χ4n) is 5.04. The zero-order chi connectivity index (χ0) is 28.7. The Morgan fingerprint density at radius 3 is 1.20 bits per heavy atom. The topological polar surface area (TPSA) is 31.8 Å². The van der Waals surface area contributed by atoms with Gasteiger partial charge in [0.25, 0.3) is 12.6 Å². The molecule has 2 unspecified atom stereocenters. The number of rotatable bonds is 25. The average molecular weight is 561 g/mol. The minimum absolute atomic E-state index is 0.543. The number of unbranched alkanes of at least 4 members (excludes halogenated alkanes) is 13. The molecule has 0 radical (unpaired) electrons. The van der Waals surface area contributed by atoms with Gasteiger partial charge in [-0.1, -0.05) is 90.9 Å². The maximum Gasteiger partial charge on any atom is 0.298 e. The Morgan fingerprint density at radius 1 is 0.500 bits per heavy atom. The van der Waals surface area contributed by atoms with E-state index in [2.05, 4.69) is 24.5 Å². The van der Waals surface area contributed by atoms with Crippen molar-refractivity contribution in [2.45, 2.75) is 142 Å². The zero-order valence-corrected chi connectivity index (χ0v) is 25.6. The molecule has 2 aromatic rings. The molecule has 2 aromatic heterocycles. The molecule has 2 heterocycles. The molecule has 0 amide bonds. The highest BCUT2D eigenvalue weighted by atomic mass is 19.1. The van der Waals surface area contributed by atoms with Crippen LogP contribution in [0.2, 0.25) is 0 Å². The molecule has 0 aliphatic carbocycles. The molecule has 2 atom stereocenters. The molecule has 2 N–H and O–H groups in total. The summed E-state index contributed by atoms with van der Waals surface area (Å²) in [6, 6.07) is 7.88. The molecule has 2 rings (SSSR count). The molecule has 0 spiro atoms. The summed E-state index contributed by atoms with van der Waals surface area (Å²) in [6.07, 6.45) is 25.2. The molecule has 40 heavy (non-hydrogen) atoms. The van der Waals surface area contributed by atoms with Crippen LogP contribution in [-0.4, -0.2) is 13.1 Å². The molecule has 6 heteroatoms. The zero-order valence-electron chi connectivity index (χ0n) is 25.6. The minimum Gasteiger partial charge on any atom is -0.385 e. The minimum atomic E-state index is -0.972. The van der Waals surface area contributed by atoms with Gasteiger partial charge in [0.2, 0.25) is 0 Å². The number of hydrogen-bond donors (Lipinski definition) is 2. The summed E-state index contributed by atoms with van der Waals surface area (Å²) in [4.78, 5) is 0. The highest BCUT2D eigenvalue weighted by molar-refractivity contribution is 5.40. The number of anilines is 2. The van der Waals surface area contributed by atoms with Gasteiger partial charge in [-0.25, -0.2) is 0 Å². The second kappa shape index (κ2) is 22.4. The number of aromatic nitrogens is 2. The van der Waals surface area contributed by atoms with E-state index in [0.29, 0.717) is 12.8 Å². The Labute approximate surface area is 244 Å². The summed E-state index contributed by atoms with van der Waals surface area (Å²) in [6.45, 7) is 6.41. The second-order valence-electron chi connectivity index (χ2n) is 11.3. The lowest BCUT2D eigenvalue weighted by atomic mass is 10.1. The number of alkyl halides is 2. The van der Waals surface area contributed by atoms with Crippen molar-refractivity contribution in [3.63, 3.8) is 0 Å². The number of hydrogen-bond acceptors (Lipinski definition) is 2. The molecular formula is C34H58F2N4+2. The van der Waals surface area contributed by atoms with E-state index in [1.807, 2.05) is 49.1 Å². The van der Waals surface area contributed by atoms with Crippen LogP contribution < -0.4 is 19.8 Å². The van der Waals surface area contributed by atoms with Crippen LogP contribution in [0.15, 0.2) is 49.1 Å². The van der Waals surface area contributed by atoms with Crippen LogP contribution in [-0.2, 0) is 0 Å². The van der Waals surface area contributed by atoms with Gasteiger partial charge in [-0.2, -0.15) is 17.9 Å². The molecular weight excluding hydrogens is 502 g/mol. The maximum absolute atomic E-state index is 14.6. The van der Waals surface area contributed by atoms with Crippen LogP contribution in [0.1, 0.15) is 142 Å². The van der Waals surface area contributed by atoms with Gasteiger partial charge in [-0.3, -0.25) is 0 Å². The summed E-state index contributed by atoms with van der Waals surface area (Å²) in [7, 11) is 0. The van der Waals surface area contributed by atoms with Crippen molar-refractivity contribution in [3.05, 3.63) is 49.1 Å². The van der Waals surface area contributed by atoms with Crippen LogP contribution in [0, 0.1) is 0 Å². The largest absolute Gasteiger partial charge is 0.385 e. The number of nitrogens with zero attached hydrogens (tertiary/aromatic N) is 2. The van der Waals surface area contributed by atoms with Crippen molar-refractivity contribution < 1.29 is 17.9 Å². The van der Waals surface area contributed by atoms with E-state index in [0.717, 1.165) is 63.0 Å². The van der Waals surface area contributed by atoms with E-state index < -0.39 is 12.6 Å². The van der Waals surface area contributed by atoms with E-state index in [4.69, 9.17) is 0 Å². The summed E-state index contributed by atoms with van der Waals surface area (Å²) in [5, 5.41) is 6.87. The molecule has 4 nitrogen and oxygen atoms in total. The van der Waals surface area contributed by atoms with Crippen molar-refractivity contribution in [2.24, 2.45) is 0 Å². The van der Waals surface area contributed by atoms with E-state index in [1.165, 1.54) is 64.2 Å². The summed E-state index contributed by atoms with van der Waals surface area (Å²) in [5.41, 5.74) is 2.12. The fourth-order valence-corrected chi connectivity index (χ4v) is 5.04. The van der Waals surface area contributed by atoms with Gasteiger partial charge in [0.15, 0.2) is 24.8 Å². The van der Waals surface area contributed by atoms with E-state index in [-0.39, 0.29) is 0 Å². The second-order valence-corrected chi connectivity index (χ2v) is 11.3. The third-order valence-electron chi connectivity index (χ3n) is 7.71. The first kappa shape index (κ1) is 34.0. The van der Waals surface area contributed by atoms with Crippen molar-refractivity contribution in [2.75, 3.05) is 23.7 Å². The molecule has 226 valence electrons. The Morgan fingerprint density at radius 2 is 0.825 bits per heavy atom. The highest BCUT2D eigenvalue weighted by Crippen LogP contribution is 2.17. The molecule has 0 aromatic carbocycles. The summed E-state index contributed by atoms with van der Waals surface area (Å²) >= 11 is 0. The summed E-state index contributed by atoms with van der Waals surface area (Å²) < 4.78 is 32.6. The van der Waals surface area contributed by atoms with E-state index >= 15 is 0 Å². The lowest BCUT2D eigenvalue weighted by Crippen LogP contribution is -2.36. The Bertz CT molecular complexity index is 773. The first-order valence-corrected chi connectivity index (χ1v) is 16.4. The molecule has 0 saturated carbocycles. The first-order valence-electron chi connectivity index (χ1n) is 16.4. The number of pyridine rings is 2. The van der Waals surface area contributed by atoms with Crippen LogP contribution in [0.25, 0.3) is 0 Å². The normalized spacial score (nSPS) is 12.8. The monoisotopic (exact) mass is 560 g/mol. The fraction of sp³-hybridized carbons (Fsp3) is 0.706. The molecule has 0 aliphatic heterocycles. The van der Waals surface area contributed by atoms with E-state index in [1.54, 1.807) is 9.13 Å². The van der Waals surface area contributed by atoms with E-state index in [9.17, 15) is 8.78 Å². The molecule has 0 fully saturated rings. The van der Waals surface area contributed by atoms with Gasteiger partial charge in [0.1, 0.15) is 0 Å². The first-order chi connectivity index (χ1) is 19.6. The van der Waals surface area contributed by atoms with Crippen molar-refractivity contribution in [3.8, 4) is 0 Å². The smallest absolute Gasteiger partial charge is 0.298 e. The number of halogens is 2. The van der Waals surface area contributed by atoms with Gasteiger partial charge >= 0.3 is 0 Å². The van der Waals surface area contributed by atoms with Gasteiger partial charge in [0.05, 0.1) is 0 Å². The Balaban J connectivity index is 1.47. The van der Waals surface area contributed by atoms with Crippen molar-refractivity contribution >= 4 is 11.4 Å². The standard InChI is InChI=1S/C34H56F2N4/c1-3-5-7-13-17-25-37-31-21-27-39(28-22-31)33(35)19-15-11-9-10-12-16-20-34(36)40-29-23-32(24-30-40)38-26-18-14-8-6-4-2/h21-24,27-30,33-34H,3-20,25-26H2,1-2H3/p+2. The Kier molecular flexibility index (Phi) is 19.1. The lowest BCUT2D eigenvalue weighted by Gasteiger charge is -2.08. The lowest BCUT2D eigenvalue weighted by molar-refractivity contribution is -0.748. The van der Waals surface area contributed by atoms with Gasteiger partial charge in [-0.15, -0.1) is 0 Å². The van der Waals surface area contributed by atoms with Crippen LogP contribution >= 0.6 is 0 Å². The number of nitrogens with one attached hydrogen (secondary N) is 2. The predicted molar refractivity (Wildman–Crippen MR) is 165 cm³/mol. The maximum atomic E-state index is 14.6. The SMILES string of the molecule is CCCCCCCNc1cc[n+](C(F)CCCCCCCCC(F)[n+]2ccc(NCCCCCCC)cc2)cc1. The molecule has 0 aliphatic rings. The quantitative estimate of drug-likeness (QED) is 0.0935. The van der Waals surface area contributed by atoms with Gasteiger partial charge in [0, 0.05) is 61.6 Å². The Hall–Kier alpha value is -2.24. The summed E-state index contributed by atoms with van der Waals surface area (Å²) in [5.74, 6) is 0. The van der Waals surface area contributed by atoms with Crippen LogP contribution in [0.5, 0.6) is 0 Å². The molecule has 0 bridgehead atoms. The third kappa shape index (κ3) is 15.5. The highest BCUT2D eigenvalue weighted by Gasteiger charge is 2.17. The van der Waals surface area contributed by atoms with Crippen molar-refractivity contribution in [1.29, 1.82) is 0 Å². The van der Waals surface area contributed by atoms with Crippen LogP contribution in [0.3, 0.4) is 0 Å². The third-order valence-corrected chi connectivity index (χ3v) is 7.71. The van der Waals surface area contributed by atoms with Crippen molar-refractivity contribution in [1.82, 2.24) is 0 Å². The average Bonchev–Trinajstić information content (AvgIpc) is 2.98. The van der Waals surface area contributed by atoms with Gasteiger partial charge in [-0.05, 0) is 25.7 Å².